The van der Waals surface area contributed by atoms with Crippen molar-refractivity contribution < 1.29 is 14.3 Å². The molecule has 0 fully saturated rings. The topological polar surface area (TPSA) is 71.5 Å². The SMILES string of the molecule is CCN(CC)C(=O)c1cncc(C(=O)NCCc2cccc(OC)c2)c1. The molecular formula is C20H25N3O3. The van der Waals surface area contributed by atoms with Gasteiger partial charge in [-0.25, -0.2) is 0 Å². The number of rotatable bonds is 8. The van der Waals surface area contributed by atoms with Crippen molar-refractivity contribution in [1.82, 2.24) is 15.2 Å². The summed E-state index contributed by atoms with van der Waals surface area (Å²) in [6, 6.07) is 9.32. The highest BCUT2D eigenvalue weighted by atomic mass is 16.5. The molecule has 1 aromatic carbocycles. The summed E-state index contributed by atoms with van der Waals surface area (Å²) >= 11 is 0. The zero-order valence-electron chi connectivity index (χ0n) is 15.5. The van der Waals surface area contributed by atoms with E-state index in [0.29, 0.717) is 37.2 Å². The van der Waals surface area contributed by atoms with Crippen molar-refractivity contribution in [3.63, 3.8) is 0 Å². The highest BCUT2D eigenvalue weighted by Gasteiger charge is 2.15. The molecule has 6 nitrogen and oxygen atoms in total. The van der Waals surface area contributed by atoms with E-state index < -0.39 is 0 Å². The van der Waals surface area contributed by atoms with E-state index in [0.717, 1.165) is 11.3 Å². The summed E-state index contributed by atoms with van der Waals surface area (Å²) in [5, 5.41) is 2.86. The number of pyridine rings is 1. The molecule has 0 saturated carbocycles. The molecule has 0 aliphatic carbocycles. The standard InChI is InChI=1S/C20H25N3O3/c1-4-23(5-2)20(25)17-12-16(13-21-14-17)19(24)22-10-9-15-7-6-8-18(11-15)26-3/h6-8,11-14H,4-5,9-10H2,1-3H3,(H,22,24). The lowest BCUT2D eigenvalue weighted by Crippen LogP contribution is -2.31. The van der Waals surface area contributed by atoms with E-state index in [2.05, 4.69) is 10.3 Å². The highest BCUT2D eigenvalue weighted by Crippen LogP contribution is 2.12. The highest BCUT2D eigenvalue weighted by molar-refractivity contribution is 5.99. The maximum Gasteiger partial charge on any atom is 0.255 e. The van der Waals surface area contributed by atoms with E-state index in [1.807, 2.05) is 38.1 Å². The second-order valence-electron chi connectivity index (χ2n) is 5.80. The van der Waals surface area contributed by atoms with Crippen LogP contribution in [0, 0.1) is 0 Å². The number of methoxy groups -OCH3 is 1. The van der Waals surface area contributed by atoms with Crippen LogP contribution in [0.5, 0.6) is 5.75 Å². The second kappa shape index (κ2) is 9.56. The van der Waals surface area contributed by atoms with E-state index in [1.54, 1.807) is 18.1 Å². The van der Waals surface area contributed by atoms with E-state index in [1.165, 1.54) is 12.4 Å². The molecule has 0 bridgehead atoms. The molecule has 1 N–H and O–H groups in total. The normalized spacial score (nSPS) is 10.3. The molecule has 1 heterocycles. The summed E-state index contributed by atoms with van der Waals surface area (Å²) in [7, 11) is 1.63. The van der Waals surface area contributed by atoms with Crippen LogP contribution in [-0.2, 0) is 6.42 Å². The number of aromatic nitrogens is 1. The fraction of sp³-hybridized carbons (Fsp3) is 0.350. The average Bonchev–Trinajstić information content (AvgIpc) is 2.69. The Labute approximate surface area is 154 Å². The van der Waals surface area contributed by atoms with Crippen molar-refractivity contribution >= 4 is 11.8 Å². The Hall–Kier alpha value is -2.89. The Morgan fingerprint density at radius 3 is 2.54 bits per heavy atom. The average molecular weight is 355 g/mol. The first-order valence-corrected chi connectivity index (χ1v) is 8.74. The monoisotopic (exact) mass is 355 g/mol. The lowest BCUT2D eigenvalue weighted by molar-refractivity contribution is 0.0772. The van der Waals surface area contributed by atoms with Crippen LogP contribution in [0.25, 0.3) is 0 Å². The molecule has 0 unspecified atom stereocenters. The van der Waals surface area contributed by atoms with Crippen LogP contribution in [0.3, 0.4) is 0 Å². The molecule has 138 valence electrons. The Morgan fingerprint density at radius 2 is 1.85 bits per heavy atom. The first kappa shape index (κ1) is 19.4. The van der Waals surface area contributed by atoms with Crippen molar-refractivity contribution in [1.29, 1.82) is 0 Å². The van der Waals surface area contributed by atoms with Gasteiger partial charge < -0.3 is 15.0 Å². The Bertz CT molecular complexity index is 757. The lowest BCUT2D eigenvalue weighted by atomic mass is 10.1. The molecule has 2 amide bonds. The molecule has 0 saturated heterocycles. The minimum absolute atomic E-state index is 0.117. The van der Waals surface area contributed by atoms with Crippen molar-refractivity contribution in [2.45, 2.75) is 20.3 Å². The predicted molar refractivity (Wildman–Crippen MR) is 101 cm³/mol. The van der Waals surface area contributed by atoms with Gasteiger partial charge in [-0.2, -0.15) is 0 Å². The molecule has 2 rings (SSSR count). The number of carbonyl (C=O) groups is 2. The first-order valence-electron chi connectivity index (χ1n) is 8.74. The summed E-state index contributed by atoms with van der Waals surface area (Å²) in [5.41, 5.74) is 1.89. The molecule has 0 spiro atoms. The Morgan fingerprint density at radius 1 is 1.12 bits per heavy atom. The summed E-state index contributed by atoms with van der Waals surface area (Å²) in [6.45, 7) is 5.56. The third kappa shape index (κ3) is 5.05. The van der Waals surface area contributed by atoms with Gasteiger partial charge in [-0.1, -0.05) is 12.1 Å². The molecule has 26 heavy (non-hydrogen) atoms. The van der Waals surface area contributed by atoms with Crippen LogP contribution in [0.15, 0.2) is 42.7 Å². The third-order valence-corrected chi connectivity index (χ3v) is 4.13. The fourth-order valence-electron chi connectivity index (χ4n) is 2.62. The van der Waals surface area contributed by atoms with Crippen LogP contribution in [0.4, 0.5) is 0 Å². The van der Waals surface area contributed by atoms with E-state index in [-0.39, 0.29) is 11.8 Å². The first-order chi connectivity index (χ1) is 12.6. The molecule has 0 atom stereocenters. The van der Waals surface area contributed by atoms with Crippen LogP contribution >= 0.6 is 0 Å². The molecular weight excluding hydrogens is 330 g/mol. The molecule has 0 radical (unpaired) electrons. The number of carbonyl (C=O) groups excluding carboxylic acids is 2. The fourth-order valence-corrected chi connectivity index (χ4v) is 2.62. The summed E-state index contributed by atoms with van der Waals surface area (Å²) in [6.07, 6.45) is 3.65. The van der Waals surface area contributed by atoms with Gasteiger partial charge in [0, 0.05) is 32.0 Å². The van der Waals surface area contributed by atoms with E-state index in [4.69, 9.17) is 4.74 Å². The maximum absolute atomic E-state index is 12.4. The number of amides is 2. The van der Waals surface area contributed by atoms with Gasteiger partial charge in [-0.05, 0) is 44.0 Å². The number of hydrogen-bond donors (Lipinski definition) is 1. The summed E-state index contributed by atoms with van der Waals surface area (Å²) in [5.74, 6) is 0.434. The van der Waals surface area contributed by atoms with E-state index >= 15 is 0 Å². The van der Waals surface area contributed by atoms with Gasteiger partial charge in [-0.3, -0.25) is 14.6 Å². The van der Waals surface area contributed by atoms with E-state index in [9.17, 15) is 9.59 Å². The number of benzene rings is 1. The zero-order valence-corrected chi connectivity index (χ0v) is 15.5. The Balaban J connectivity index is 1.97. The van der Waals surface area contributed by atoms with Crippen molar-refractivity contribution in [2.24, 2.45) is 0 Å². The predicted octanol–water partition coefficient (Wildman–Crippen LogP) is 2.54. The van der Waals surface area contributed by atoms with Crippen molar-refractivity contribution in [3.05, 3.63) is 59.4 Å². The van der Waals surface area contributed by atoms with Gasteiger partial charge in [-0.15, -0.1) is 0 Å². The van der Waals surface area contributed by atoms with Crippen molar-refractivity contribution in [3.8, 4) is 5.75 Å². The second-order valence-corrected chi connectivity index (χ2v) is 5.80. The minimum atomic E-state index is -0.241. The van der Waals surface area contributed by atoms with Crippen LogP contribution in [0.1, 0.15) is 40.1 Å². The molecule has 2 aromatic rings. The maximum atomic E-state index is 12.4. The third-order valence-electron chi connectivity index (χ3n) is 4.13. The van der Waals surface area contributed by atoms with Gasteiger partial charge >= 0.3 is 0 Å². The van der Waals surface area contributed by atoms with Crippen LogP contribution < -0.4 is 10.1 Å². The van der Waals surface area contributed by atoms with Crippen LogP contribution in [0.2, 0.25) is 0 Å². The largest absolute Gasteiger partial charge is 0.497 e. The van der Waals surface area contributed by atoms with Gasteiger partial charge in [0.15, 0.2) is 0 Å². The molecule has 0 aliphatic heterocycles. The van der Waals surface area contributed by atoms with Gasteiger partial charge in [0.05, 0.1) is 18.2 Å². The smallest absolute Gasteiger partial charge is 0.255 e. The van der Waals surface area contributed by atoms with Gasteiger partial charge in [0.25, 0.3) is 11.8 Å². The number of nitrogens with one attached hydrogen (secondary N) is 1. The molecule has 1 aromatic heterocycles. The quantitative estimate of drug-likeness (QED) is 0.790. The number of ether oxygens (including phenoxy) is 1. The molecule has 6 heteroatoms. The zero-order chi connectivity index (χ0) is 18.9. The van der Waals surface area contributed by atoms with Gasteiger partial charge in [0.1, 0.15) is 5.75 Å². The Kier molecular flexibility index (Phi) is 7.14. The van der Waals surface area contributed by atoms with Crippen LogP contribution in [-0.4, -0.2) is 48.4 Å². The summed E-state index contributed by atoms with van der Waals surface area (Å²) in [4.78, 5) is 30.5. The van der Waals surface area contributed by atoms with Gasteiger partial charge in [0.2, 0.25) is 0 Å². The number of nitrogens with zero attached hydrogens (tertiary/aromatic N) is 2. The molecule has 0 aliphatic rings. The minimum Gasteiger partial charge on any atom is -0.497 e. The van der Waals surface area contributed by atoms with Crippen molar-refractivity contribution in [2.75, 3.05) is 26.7 Å². The number of hydrogen-bond acceptors (Lipinski definition) is 4. The summed E-state index contributed by atoms with van der Waals surface area (Å²) < 4.78 is 5.19. The lowest BCUT2D eigenvalue weighted by Gasteiger charge is -2.18.